The van der Waals surface area contributed by atoms with E-state index in [2.05, 4.69) is 81.5 Å². The SMILES string of the molecule is CCCCC/C=C\C/C=C\C/C=C\C/C=C\CCCCCC(=O)OC[C@H](COC(=O)CCCCCCC/C=C\CCCCCCCC)OC(=O)CCCCCCCCCCCCCCC. The van der Waals surface area contributed by atoms with Gasteiger partial charge in [-0.3, -0.25) is 14.4 Å². The highest BCUT2D eigenvalue weighted by Crippen LogP contribution is 2.15. The van der Waals surface area contributed by atoms with Gasteiger partial charge < -0.3 is 14.2 Å². The Morgan fingerprint density at radius 3 is 0.923 bits per heavy atom. The zero-order chi connectivity index (χ0) is 47.2. The lowest BCUT2D eigenvalue weighted by Crippen LogP contribution is -2.30. The van der Waals surface area contributed by atoms with Crippen LogP contribution in [-0.2, 0) is 28.6 Å². The Balaban J connectivity index is 4.42. The molecule has 6 heteroatoms. The van der Waals surface area contributed by atoms with Crippen LogP contribution in [0.25, 0.3) is 0 Å². The van der Waals surface area contributed by atoms with Gasteiger partial charge in [-0.1, -0.05) is 229 Å². The van der Waals surface area contributed by atoms with E-state index < -0.39 is 6.10 Å². The summed E-state index contributed by atoms with van der Waals surface area (Å²) in [6.45, 7) is 6.59. The molecule has 0 amide bonds. The van der Waals surface area contributed by atoms with Gasteiger partial charge in [0.15, 0.2) is 6.10 Å². The number of ether oxygens (including phenoxy) is 3. The van der Waals surface area contributed by atoms with Gasteiger partial charge in [-0.15, -0.1) is 0 Å². The molecule has 0 bridgehead atoms. The molecule has 0 N–H and O–H groups in total. The first kappa shape index (κ1) is 62.1. The lowest BCUT2D eigenvalue weighted by atomic mass is 10.0. The number of rotatable bonds is 50. The van der Waals surface area contributed by atoms with Crippen LogP contribution in [0.3, 0.4) is 0 Å². The van der Waals surface area contributed by atoms with E-state index >= 15 is 0 Å². The molecule has 0 spiro atoms. The normalized spacial score (nSPS) is 12.5. The molecule has 0 saturated heterocycles. The van der Waals surface area contributed by atoms with E-state index in [9.17, 15) is 14.4 Å². The summed E-state index contributed by atoms with van der Waals surface area (Å²) in [6, 6.07) is 0. The van der Waals surface area contributed by atoms with Crippen molar-refractivity contribution in [2.24, 2.45) is 0 Å². The van der Waals surface area contributed by atoms with Gasteiger partial charge in [0.1, 0.15) is 13.2 Å². The molecule has 0 radical (unpaired) electrons. The second-order valence-corrected chi connectivity index (χ2v) is 18.5. The largest absolute Gasteiger partial charge is 0.462 e. The van der Waals surface area contributed by atoms with Crippen LogP contribution in [0.15, 0.2) is 60.8 Å². The standard InChI is InChI=1S/C59H104O6/c1-4-7-10-13-16-19-22-25-27-28-29-30-32-35-37-40-43-46-49-52-58(61)64-55-56(65-59(62)53-50-47-44-41-38-33-24-21-18-15-12-9-6-3)54-63-57(60)51-48-45-42-39-36-34-31-26-23-20-17-14-11-8-5-2/h16,19,25-27,29-31,35,37,56H,4-15,17-18,20-24,28,32-34,36,38-55H2,1-3H3/b19-16-,27-25-,30-29-,31-26-,37-35-/t56-/m0/s1. The van der Waals surface area contributed by atoms with Crippen LogP contribution in [0.5, 0.6) is 0 Å². The molecule has 0 saturated carbocycles. The van der Waals surface area contributed by atoms with E-state index in [0.29, 0.717) is 19.3 Å². The molecule has 0 unspecified atom stereocenters. The molecule has 0 aliphatic rings. The predicted octanol–water partition coefficient (Wildman–Crippen LogP) is 18.4. The fourth-order valence-corrected chi connectivity index (χ4v) is 7.77. The third kappa shape index (κ3) is 51.9. The summed E-state index contributed by atoms with van der Waals surface area (Å²) in [5.41, 5.74) is 0. The van der Waals surface area contributed by atoms with Gasteiger partial charge in [-0.25, -0.2) is 0 Å². The Labute approximate surface area is 402 Å². The van der Waals surface area contributed by atoms with Crippen molar-refractivity contribution >= 4 is 17.9 Å². The van der Waals surface area contributed by atoms with Gasteiger partial charge in [0.2, 0.25) is 0 Å². The average Bonchev–Trinajstić information content (AvgIpc) is 3.30. The maximum Gasteiger partial charge on any atom is 0.306 e. The second kappa shape index (κ2) is 53.7. The fourth-order valence-electron chi connectivity index (χ4n) is 7.77. The van der Waals surface area contributed by atoms with Crippen LogP contribution in [0.2, 0.25) is 0 Å². The van der Waals surface area contributed by atoms with E-state index in [0.717, 1.165) is 89.9 Å². The van der Waals surface area contributed by atoms with E-state index in [-0.39, 0.29) is 31.1 Å². The number of carbonyl (C=O) groups excluding carboxylic acids is 3. The Morgan fingerprint density at radius 2 is 0.554 bits per heavy atom. The third-order valence-electron chi connectivity index (χ3n) is 12.0. The van der Waals surface area contributed by atoms with Gasteiger partial charge in [0.25, 0.3) is 0 Å². The van der Waals surface area contributed by atoms with Gasteiger partial charge >= 0.3 is 17.9 Å². The summed E-state index contributed by atoms with van der Waals surface area (Å²) < 4.78 is 16.8. The molecule has 65 heavy (non-hydrogen) atoms. The number of hydrogen-bond acceptors (Lipinski definition) is 6. The number of allylic oxidation sites excluding steroid dienone is 10. The Bertz CT molecular complexity index is 1180. The lowest BCUT2D eigenvalue weighted by Gasteiger charge is -2.18. The maximum atomic E-state index is 12.8. The maximum absolute atomic E-state index is 12.8. The van der Waals surface area contributed by atoms with Crippen LogP contribution in [0.1, 0.15) is 278 Å². The predicted molar refractivity (Wildman–Crippen MR) is 279 cm³/mol. The fraction of sp³-hybridized carbons (Fsp3) is 0.780. The highest BCUT2D eigenvalue weighted by atomic mass is 16.6. The van der Waals surface area contributed by atoms with E-state index in [4.69, 9.17) is 14.2 Å². The Kier molecular flexibility index (Phi) is 51.3. The minimum atomic E-state index is -0.788. The van der Waals surface area contributed by atoms with E-state index in [1.54, 1.807) is 0 Å². The second-order valence-electron chi connectivity index (χ2n) is 18.5. The number of esters is 3. The number of carbonyl (C=O) groups is 3. The first-order valence-corrected chi connectivity index (χ1v) is 27.8. The summed E-state index contributed by atoms with van der Waals surface area (Å²) in [5.74, 6) is -0.917. The smallest absolute Gasteiger partial charge is 0.306 e. The van der Waals surface area contributed by atoms with Crippen LogP contribution < -0.4 is 0 Å². The van der Waals surface area contributed by atoms with Crippen LogP contribution in [0, 0.1) is 0 Å². The van der Waals surface area contributed by atoms with Crippen molar-refractivity contribution in [3.05, 3.63) is 60.8 Å². The van der Waals surface area contributed by atoms with Crippen LogP contribution >= 0.6 is 0 Å². The molecular formula is C59H104O6. The molecule has 0 aliphatic heterocycles. The van der Waals surface area contributed by atoms with Crippen LogP contribution in [0.4, 0.5) is 0 Å². The first-order valence-electron chi connectivity index (χ1n) is 27.8. The van der Waals surface area contributed by atoms with Crippen molar-refractivity contribution < 1.29 is 28.6 Å². The first-order chi connectivity index (χ1) is 32.0. The summed E-state index contributed by atoms with van der Waals surface area (Å²) in [4.78, 5) is 38.1. The monoisotopic (exact) mass is 909 g/mol. The molecule has 0 aromatic rings. The molecule has 376 valence electrons. The highest BCUT2D eigenvalue weighted by molar-refractivity contribution is 5.71. The van der Waals surface area contributed by atoms with Crippen LogP contribution in [-0.4, -0.2) is 37.2 Å². The van der Waals surface area contributed by atoms with Gasteiger partial charge in [0.05, 0.1) is 0 Å². The summed E-state index contributed by atoms with van der Waals surface area (Å²) in [6.07, 6.45) is 66.3. The molecule has 6 nitrogen and oxygen atoms in total. The summed E-state index contributed by atoms with van der Waals surface area (Å²) in [7, 11) is 0. The highest BCUT2D eigenvalue weighted by Gasteiger charge is 2.19. The molecule has 0 aromatic carbocycles. The van der Waals surface area contributed by atoms with E-state index in [1.807, 2.05) is 0 Å². The summed E-state index contributed by atoms with van der Waals surface area (Å²) in [5, 5.41) is 0. The molecule has 0 aromatic heterocycles. The van der Waals surface area contributed by atoms with Crippen molar-refractivity contribution in [3.8, 4) is 0 Å². The van der Waals surface area contributed by atoms with Gasteiger partial charge in [-0.2, -0.15) is 0 Å². The zero-order valence-corrected chi connectivity index (χ0v) is 43.0. The van der Waals surface area contributed by atoms with E-state index in [1.165, 1.54) is 148 Å². The van der Waals surface area contributed by atoms with Crippen molar-refractivity contribution in [1.29, 1.82) is 0 Å². The minimum absolute atomic E-state index is 0.0867. The average molecular weight is 909 g/mol. The molecule has 0 heterocycles. The van der Waals surface area contributed by atoms with Crippen molar-refractivity contribution in [2.45, 2.75) is 284 Å². The van der Waals surface area contributed by atoms with Gasteiger partial charge in [-0.05, 0) is 89.9 Å². The third-order valence-corrected chi connectivity index (χ3v) is 12.0. The molecule has 0 aliphatic carbocycles. The number of hydrogen-bond donors (Lipinski definition) is 0. The van der Waals surface area contributed by atoms with Crippen molar-refractivity contribution in [2.75, 3.05) is 13.2 Å². The topological polar surface area (TPSA) is 78.9 Å². The number of unbranched alkanes of at least 4 members (excludes halogenated alkanes) is 29. The Hall–Kier alpha value is -2.89. The Morgan fingerprint density at radius 1 is 0.308 bits per heavy atom. The van der Waals surface area contributed by atoms with Crippen molar-refractivity contribution in [3.63, 3.8) is 0 Å². The lowest BCUT2D eigenvalue weighted by molar-refractivity contribution is -0.167. The minimum Gasteiger partial charge on any atom is -0.462 e. The van der Waals surface area contributed by atoms with Crippen molar-refractivity contribution in [1.82, 2.24) is 0 Å². The summed E-state index contributed by atoms with van der Waals surface area (Å²) >= 11 is 0. The molecule has 0 rings (SSSR count). The quantitative estimate of drug-likeness (QED) is 0.0262. The van der Waals surface area contributed by atoms with Gasteiger partial charge in [0, 0.05) is 19.3 Å². The zero-order valence-electron chi connectivity index (χ0n) is 43.0. The molecule has 0 fully saturated rings. The molecule has 1 atom stereocenters. The molecular weight excluding hydrogens is 805 g/mol.